The number of aromatic amines is 1. The fourth-order valence-electron chi connectivity index (χ4n) is 3.46. The first kappa shape index (κ1) is 28.3. The molecule has 0 aliphatic heterocycles. The number of carbonyl (C=O) groups excluding carboxylic acids is 3. The summed E-state index contributed by atoms with van der Waals surface area (Å²) in [5, 5.41) is 35.7. The Morgan fingerprint density at radius 2 is 1.64 bits per heavy atom. The zero-order valence-corrected chi connectivity index (χ0v) is 19.9. The zero-order valence-electron chi connectivity index (χ0n) is 19.9. The van der Waals surface area contributed by atoms with Crippen LogP contribution in [-0.4, -0.2) is 80.2 Å². The predicted molar refractivity (Wildman–Crippen MR) is 128 cm³/mol. The third-order valence-electron chi connectivity index (χ3n) is 5.54. The number of nitrogens with two attached hydrogens (primary N) is 1. The number of H-pyrrole nitrogens is 1. The molecule has 0 saturated carbocycles. The summed E-state index contributed by atoms with van der Waals surface area (Å²) in [6.07, 6.45) is -0.214. The number of para-hydroxylation sites is 1. The van der Waals surface area contributed by atoms with E-state index in [1.807, 2.05) is 18.2 Å². The molecule has 1 aromatic carbocycles. The van der Waals surface area contributed by atoms with E-state index in [0.717, 1.165) is 10.9 Å². The standard InChI is InChI=1S/C23H31N5O8/c1-11(26-21(33)15(24)7-8-18(30)31)20(32)27-17(22(34)28-19(12(2)29)23(35)36)9-13-10-25-16-6-4-3-5-14(13)16/h3-6,10-12,15,17,19,25,29H,7-9,24H2,1-2H3,(H,26,33)(H,27,32)(H,28,34)(H,30,31)(H,35,36). The molecule has 2 rings (SSSR count). The Kier molecular flexibility index (Phi) is 9.93. The van der Waals surface area contributed by atoms with Crippen molar-refractivity contribution in [1.82, 2.24) is 20.9 Å². The van der Waals surface area contributed by atoms with Gasteiger partial charge in [-0.3, -0.25) is 19.2 Å². The van der Waals surface area contributed by atoms with Crippen LogP contribution in [0.25, 0.3) is 10.9 Å². The highest BCUT2D eigenvalue weighted by atomic mass is 16.4. The molecule has 0 aliphatic rings. The molecule has 13 nitrogen and oxygen atoms in total. The lowest BCUT2D eigenvalue weighted by molar-refractivity contribution is -0.145. The quantitative estimate of drug-likeness (QED) is 0.164. The fraction of sp³-hybridized carbons (Fsp3) is 0.435. The molecule has 5 atom stereocenters. The molecule has 1 heterocycles. The normalized spacial score (nSPS) is 15.2. The minimum absolute atomic E-state index is 0.0213. The number of aliphatic hydroxyl groups is 1. The van der Waals surface area contributed by atoms with E-state index in [4.69, 9.17) is 10.8 Å². The van der Waals surface area contributed by atoms with E-state index in [-0.39, 0.29) is 19.3 Å². The average Bonchev–Trinajstić information content (AvgIpc) is 3.22. The number of rotatable bonds is 13. The minimum Gasteiger partial charge on any atom is -0.481 e. The average molecular weight is 506 g/mol. The lowest BCUT2D eigenvalue weighted by Gasteiger charge is -2.24. The molecule has 0 fully saturated rings. The van der Waals surface area contributed by atoms with Gasteiger partial charge in [0, 0.05) is 29.9 Å². The number of hydrogen-bond acceptors (Lipinski definition) is 7. The highest BCUT2D eigenvalue weighted by Crippen LogP contribution is 2.19. The Bertz CT molecular complexity index is 1110. The lowest BCUT2D eigenvalue weighted by atomic mass is 10.0. The third kappa shape index (κ3) is 7.78. The van der Waals surface area contributed by atoms with E-state index >= 15 is 0 Å². The van der Waals surface area contributed by atoms with Gasteiger partial charge in [-0.05, 0) is 31.9 Å². The van der Waals surface area contributed by atoms with Crippen LogP contribution < -0.4 is 21.7 Å². The van der Waals surface area contributed by atoms with E-state index in [0.29, 0.717) is 5.56 Å². The summed E-state index contributed by atoms with van der Waals surface area (Å²) in [5.74, 6) is -4.91. The summed E-state index contributed by atoms with van der Waals surface area (Å²) in [7, 11) is 0. The van der Waals surface area contributed by atoms with Crippen molar-refractivity contribution in [3.05, 3.63) is 36.0 Å². The molecule has 0 aliphatic carbocycles. The van der Waals surface area contributed by atoms with Crippen molar-refractivity contribution >= 4 is 40.6 Å². The monoisotopic (exact) mass is 505 g/mol. The van der Waals surface area contributed by atoms with Crippen LogP contribution in [0, 0.1) is 0 Å². The van der Waals surface area contributed by atoms with Gasteiger partial charge in [0.25, 0.3) is 0 Å². The Balaban J connectivity index is 2.18. The maximum atomic E-state index is 13.0. The van der Waals surface area contributed by atoms with Crippen LogP contribution in [0.5, 0.6) is 0 Å². The van der Waals surface area contributed by atoms with Gasteiger partial charge in [0.2, 0.25) is 17.7 Å². The summed E-state index contributed by atoms with van der Waals surface area (Å²) in [5.41, 5.74) is 7.13. The number of carboxylic acid groups (broad SMARTS) is 2. The summed E-state index contributed by atoms with van der Waals surface area (Å²) in [6.45, 7) is 2.56. The number of aliphatic carboxylic acids is 2. The topological polar surface area (TPSA) is 224 Å². The van der Waals surface area contributed by atoms with Gasteiger partial charge in [0.1, 0.15) is 12.1 Å². The molecule has 0 spiro atoms. The first-order valence-electron chi connectivity index (χ1n) is 11.2. The number of fused-ring (bicyclic) bond motifs is 1. The van der Waals surface area contributed by atoms with Crippen LogP contribution in [0.3, 0.4) is 0 Å². The van der Waals surface area contributed by atoms with Crippen molar-refractivity contribution in [3.8, 4) is 0 Å². The summed E-state index contributed by atoms with van der Waals surface area (Å²) in [6, 6.07) is 2.11. The molecule has 0 saturated heterocycles. The van der Waals surface area contributed by atoms with Crippen molar-refractivity contribution in [2.24, 2.45) is 5.73 Å². The highest BCUT2D eigenvalue weighted by molar-refractivity contribution is 5.94. The number of aromatic nitrogens is 1. The van der Waals surface area contributed by atoms with Crippen LogP contribution in [-0.2, 0) is 30.4 Å². The first-order chi connectivity index (χ1) is 16.9. The van der Waals surface area contributed by atoms with Crippen molar-refractivity contribution in [2.75, 3.05) is 0 Å². The van der Waals surface area contributed by atoms with Gasteiger partial charge in [-0.2, -0.15) is 0 Å². The number of amides is 3. The molecule has 13 heteroatoms. The number of hydrogen-bond donors (Lipinski definition) is 8. The van der Waals surface area contributed by atoms with Crippen LogP contribution >= 0.6 is 0 Å². The van der Waals surface area contributed by atoms with Gasteiger partial charge in [0.15, 0.2) is 6.04 Å². The number of benzene rings is 1. The van der Waals surface area contributed by atoms with Gasteiger partial charge in [0.05, 0.1) is 12.1 Å². The fourth-order valence-corrected chi connectivity index (χ4v) is 3.46. The van der Waals surface area contributed by atoms with E-state index in [1.165, 1.54) is 13.8 Å². The smallest absolute Gasteiger partial charge is 0.328 e. The summed E-state index contributed by atoms with van der Waals surface area (Å²) in [4.78, 5) is 63.2. The number of carbonyl (C=O) groups is 5. The van der Waals surface area contributed by atoms with E-state index < -0.39 is 59.9 Å². The highest BCUT2D eigenvalue weighted by Gasteiger charge is 2.31. The third-order valence-corrected chi connectivity index (χ3v) is 5.54. The van der Waals surface area contributed by atoms with Crippen LogP contribution in [0.4, 0.5) is 0 Å². The van der Waals surface area contributed by atoms with Gasteiger partial charge in [-0.15, -0.1) is 0 Å². The van der Waals surface area contributed by atoms with Gasteiger partial charge < -0.3 is 42.0 Å². The van der Waals surface area contributed by atoms with E-state index in [1.54, 1.807) is 12.3 Å². The molecule has 0 bridgehead atoms. The van der Waals surface area contributed by atoms with Crippen molar-refractivity contribution in [2.45, 2.75) is 63.4 Å². The SMILES string of the molecule is CC(NC(=O)C(N)CCC(=O)O)C(=O)NC(Cc1c[nH]c2ccccc12)C(=O)NC(C(=O)O)C(C)O. The lowest BCUT2D eigenvalue weighted by Crippen LogP contribution is -2.58. The molecular formula is C23H31N5O8. The maximum Gasteiger partial charge on any atom is 0.328 e. The van der Waals surface area contributed by atoms with Crippen LogP contribution in [0.15, 0.2) is 30.5 Å². The van der Waals surface area contributed by atoms with Crippen molar-refractivity contribution < 1.29 is 39.3 Å². The molecule has 3 amide bonds. The predicted octanol–water partition coefficient (Wildman–Crippen LogP) is -1.16. The van der Waals surface area contributed by atoms with Crippen molar-refractivity contribution in [1.29, 1.82) is 0 Å². The summed E-state index contributed by atoms with van der Waals surface area (Å²) >= 11 is 0. The van der Waals surface area contributed by atoms with Gasteiger partial charge in [-0.1, -0.05) is 18.2 Å². The molecular weight excluding hydrogens is 474 g/mol. The second kappa shape index (κ2) is 12.7. The van der Waals surface area contributed by atoms with Crippen LogP contribution in [0.1, 0.15) is 32.3 Å². The minimum atomic E-state index is -1.61. The largest absolute Gasteiger partial charge is 0.481 e. The second-order valence-electron chi connectivity index (χ2n) is 8.46. The molecule has 196 valence electrons. The van der Waals surface area contributed by atoms with Crippen LogP contribution in [0.2, 0.25) is 0 Å². The molecule has 36 heavy (non-hydrogen) atoms. The molecule has 0 radical (unpaired) electrons. The Morgan fingerprint density at radius 3 is 2.25 bits per heavy atom. The van der Waals surface area contributed by atoms with Crippen molar-refractivity contribution in [3.63, 3.8) is 0 Å². The molecule has 5 unspecified atom stereocenters. The zero-order chi connectivity index (χ0) is 27.0. The second-order valence-corrected chi connectivity index (χ2v) is 8.46. The Morgan fingerprint density at radius 1 is 0.972 bits per heavy atom. The molecule has 9 N–H and O–H groups in total. The van der Waals surface area contributed by atoms with Gasteiger partial charge in [-0.25, -0.2) is 4.79 Å². The maximum absolute atomic E-state index is 13.0. The Labute approximate surface area is 206 Å². The molecule has 2 aromatic rings. The molecule has 1 aromatic heterocycles. The number of carboxylic acids is 2. The van der Waals surface area contributed by atoms with E-state index in [2.05, 4.69) is 20.9 Å². The number of aliphatic hydroxyl groups excluding tert-OH is 1. The summed E-state index contributed by atoms with van der Waals surface area (Å²) < 4.78 is 0. The van der Waals surface area contributed by atoms with Gasteiger partial charge >= 0.3 is 11.9 Å². The van der Waals surface area contributed by atoms with E-state index in [9.17, 15) is 34.2 Å². The number of nitrogens with one attached hydrogen (secondary N) is 4. The Hall–Kier alpha value is -3.97. The first-order valence-corrected chi connectivity index (χ1v) is 11.2.